The van der Waals surface area contributed by atoms with Crippen LogP contribution in [0, 0.1) is 11.3 Å². The first kappa shape index (κ1) is 27.8. The van der Waals surface area contributed by atoms with Gasteiger partial charge in [-0.3, -0.25) is 4.90 Å². The Morgan fingerprint density at radius 1 is 0.925 bits per heavy atom. The summed E-state index contributed by atoms with van der Waals surface area (Å²) in [5.74, 6) is -3.60. The van der Waals surface area contributed by atoms with Crippen LogP contribution in [-0.2, 0) is 25.2 Å². The summed E-state index contributed by atoms with van der Waals surface area (Å²) in [6.45, 7) is 0. The lowest BCUT2D eigenvalue weighted by molar-refractivity contribution is -0.139. The molecule has 3 aromatic rings. The lowest BCUT2D eigenvalue weighted by Crippen LogP contribution is -2.41. The number of para-hydroxylation sites is 1. The maximum atomic E-state index is 13.9. The van der Waals surface area contributed by atoms with Crippen molar-refractivity contribution in [3.05, 3.63) is 113 Å². The van der Waals surface area contributed by atoms with Crippen LogP contribution < -0.4 is 15.4 Å². The molecule has 0 aromatic heterocycles. The molecule has 0 bridgehead atoms. The highest BCUT2D eigenvalue weighted by Crippen LogP contribution is 2.47. The monoisotopic (exact) mass is 549 g/mol. The van der Waals surface area contributed by atoms with Crippen LogP contribution in [-0.4, -0.2) is 26.2 Å². The third kappa shape index (κ3) is 5.19. The molecule has 1 atom stereocenters. The lowest BCUT2D eigenvalue weighted by atomic mass is 9.81. The number of halogens is 3. The van der Waals surface area contributed by atoms with Gasteiger partial charge in [0.25, 0.3) is 0 Å². The average Bonchev–Trinajstić information content (AvgIpc) is 2.96. The largest absolute Gasteiger partial charge is 0.466 e. The molecule has 8 nitrogen and oxygen atoms in total. The van der Waals surface area contributed by atoms with Gasteiger partial charge < -0.3 is 19.9 Å². The molecular weight excluding hydrogens is 527 g/mol. The molecule has 0 radical (unpaired) electrons. The molecule has 0 aliphatic carbocycles. The Morgan fingerprint density at radius 2 is 1.52 bits per heavy atom. The molecule has 1 aliphatic heterocycles. The molecule has 1 aliphatic rings. The van der Waals surface area contributed by atoms with E-state index in [1.807, 2.05) is 6.07 Å². The van der Waals surface area contributed by atoms with Crippen LogP contribution in [0.2, 0.25) is 0 Å². The standard InChI is InChI=1S/C29H22F3N3O5/c1-38-27(36)24-23(17-9-5-3-6-10-17)20(16-33)26(34)35(25(24)28(37)39-2)21-15-18(29(30,31)32)13-14-22(21)40-19-11-7-4-8-12-19/h3-15,23H,34H2,1-2H3. The molecule has 0 saturated carbocycles. The molecule has 1 unspecified atom stereocenters. The number of nitrogens with two attached hydrogens (primary N) is 1. The summed E-state index contributed by atoms with van der Waals surface area (Å²) < 4.78 is 57.4. The average molecular weight is 550 g/mol. The fourth-order valence-electron chi connectivity index (χ4n) is 4.33. The lowest BCUT2D eigenvalue weighted by Gasteiger charge is -2.36. The first-order valence-electron chi connectivity index (χ1n) is 11.7. The molecule has 0 spiro atoms. The minimum atomic E-state index is -4.79. The van der Waals surface area contributed by atoms with Crippen molar-refractivity contribution in [2.75, 3.05) is 19.1 Å². The van der Waals surface area contributed by atoms with Crippen LogP contribution in [0.5, 0.6) is 11.5 Å². The van der Waals surface area contributed by atoms with Gasteiger partial charge in [0.2, 0.25) is 0 Å². The minimum Gasteiger partial charge on any atom is -0.466 e. The first-order chi connectivity index (χ1) is 19.1. The fourth-order valence-corrected chi connectivity index (χ4v) is 4.33. The smallest absolute Gasteiger partial charge is 0.416 e. The highest BCUT2D eigenvalue weighted by Gasteiger charge is 2.44. The molecule has 2 N–H and O–H groups in total. The van der Waals surface area contributed by atoms with E-state index in [1.54, 1.807) is 60.7 Å². The van der Waals surface area contributed by atoms with Gasteiger partial charge in [-0.25, -0.2) is 9.59 Å². The molecule has 11 heteroatoms. The van der Waals surface area contributed by atoms with E-state index in [0.717, 1.165) is 31.3 Å². The topological polar surface area (TPSA) is 115 Å². The number of benzene rings is 3. The number of nitrogens with zero attached hydrogens (tertiary/aromatic N) is 2. The zero-order valence-corrected chi connectivity index (χ0v) is 21.2. The van der Waals surface area contributed by atoms with Crippen LogP contribution in [0.15, 0.2) is 102 Å². The summed E-state index contributed by atoms with van der Waals surface area (Å²) in [6.07, 6.45) is -4.79. The summed E-state index contributed by atoms with van der Waals surface area (Å²) in [6, 6.07) is 20.9. The van der Waals surface area contributed by atoms with E-state index in [4.69, 9.17) is 19.9 Å². The molecular formula is C29H22F3N3O5. The normalized spacial score (nSPS) is 15.4. The number of allylic oxidation sites excluding steroid dienone is 1. The highest BCUT2D eigenvalue weighted by molar-refractivity contribution is 6.06. The number of hydrogen-bond donors (Lipinski definition) is 1. The Hall–Kier alpha value is -5.24. The minimum absolute atomic E-state index is 0.150. The van der Waals surface area contributed by atoms with Gasteiger partial charge in [0.1, 0.15) is 17.3 Å². The van der Waals surface area contributed by atoms with Crippen molar-refractivity contribution in [3.8, 4) is 17.6 Å². The summed E-state index contributed by atoms with van der Waals surface area (Å²) >= 11 is 0. The second-order valence-electron chi connectivity index (χ2n) is 8.43. The van der Waals surface area contributed by atoms with E-state index in [-0.39, 0.29) is 28.3 Å². The zero-order valence-electron chi connectivity index (χ0n) is 21.2. The number of carbonyl (C=O) groups is 2. The molecule has 3 aromatic carbocycles. The number of rotatable bonds is 6. The maximum absolute atomic E-state index is 13.9. The van der Waals surface area contributed by atoms with Gasteiger partial charge in [0.15, 0.2) is 5.75 Å². The number of methoxy groups -OCH3 is 2. The fraction of sp³-hybridized carbons (Fsp3) is 0.138. The number of carbonyl (C=O) groups excluding carboxylic acids is 2. The van der Waals surface area contributed by atoms with Gasteiger partial charge >= 0.3 is 18.1 Å². The Bertz CT molecular complexity index is 1540. The quantitative estimate of drug-likeness (QED) is 0.407. The van der Waals surface area contributed by atoms with Crippen molar-refractivity contribution in [1.29, 1.82) is 5.26 Å². The van der Waals surface area contributed by atoms with Crippen molar-refractivity contribution >= 4 is 17.6 Å². The molecule has 204 valence electrons. The van der Waals surface area contributed by atoms with Crippen molar-refractivity contribution in [1.82, 2.24) is 0 Å². The Balaban J connectivity index is 2.09. The van der Waals surface area contributed by atoms with E-state index < -0.39 is 41.1 Å². The third-order valence-corrected chi connectivity index (χ3v) is 6.11. The second-order valence-corrected chi connectivity index (χ2v) is 8.43. The van der Waals surface area contributed by atoms with Gasteiger partial charge in [0.05, 0.1) is 48.6 Å². The van der Waals surface area contributed by atoms with Crippen molar-refractivity contribution in [2.45, 2.75) is 12.1 Å². The van der Waals surface area contributed by atoms with Crippen LogP contribution in [0.1, 0.15) is 17.0 Å². The summed E-state index contributed by atoms with van der Waals surface area (Å²) in [5, 5.41) is 10.2. The maximum Gasteiger partial charge on any atom is 0.416 e. The molecule has 1 heterocycles. The number of alkyl halides is 3. The Morgan fingerprint density at radius 3 is 2.08 bits per heavy atom. The number of ether oxygens (including phenoxy) is 3. The van der Waals surface area contributed by atoms with E-state index >= 15 is 0 Å². The third-order valence-electron chi connectivity index (χ3n) is 6.11. The van der Waals surface area contributed by atoms with Gasteiger partial charge in [0, 0.05) is 0 Å². The van der Waals surface area contributed by atoms with Crippen LogP contribution in [0.25, 0.3) is 0 Å². The van der Waals surface area contributed by atoms with E-state index in [2.05, 4.69) is 0 Å². The molecule has 0 fully saturated rings. The Labute approximate surface area is 227 Å². The predicted octanol–water partition coefficient (Wildman–Crippen LogP) is 5.40. The van der Waals surface area contributed by atoms with E-state index in [1.165, 1.54) is 0 Å². The molecule has 0 saturated heterocycles. The highest BCUT2D eigenvalue weighted by atomic mass is 19.4. The molecule has 40 heavy (non-hydrogen) atoms. The van der Waals surface area contributed by atoms with E-state index in [0.29, 0.717) is 11.6 Å². The van der Waals surface area contributed by atoms with Gasteiger partial charge in [-0.1, -0.05) is 48.5 Å². The predicted molar refractivity (Wildman–Crippen MR) is 138 cm³/mol. The van der Waals surface area contributed by atoms with Crippen LogP contribution in [0.4, 0.5) is 18.9 Å². The summed E-state index contributed by atoms with van der Waals surface area (Å²) in [5.41, 5.74) is 4.32. The summed E-state index contributed by atoms with van der Waals surface area (Å²) in [7, 11) is 2.10. The van der Waals surface area contributed by atoms with Crippen molar-refractivity contribution in [3.63, 3.8) is 0 Å². The number of anilines is 1. The van der Waals surface area contributed by atoms with E-state index in [9.17, 15) is 28.0 Å². The van der Waals surface area contributed by atoms with Gasteiger partial charge in [-0.2, -0.15) is 18.4 Å². The first-order valence-corrected chi connectivity index (χ1v) is 11.7. The Kier molecular flexibility index (Phi) is 7.81. The van der Waals surface area contributed by atoms with Gasteiger partial charge in [-0.05, 0) is 35.9 Å². The molecule has 0 amide bonds. The number of nitriles is 1. The van der Waals surface area contributed by atoms with Gasteiger partial charge in [-0.15, -0.1) is 0 Å². The van der Waals surface area contributed by atoms with Crippen LogP contribution >= 0.6 is 0 Å². The number of esters is 2. The SMILES string of the molecule is COC(=O)C1=C(C(=O)OC)N(c2cc(C(F)(F)F)ccc2Oc2ccccc2)C(N)=C(C#N)C1c1ccccc1. The number of hydrogen-bond acceptors (Lipinski definition) is 8. The van der Waals surface area contributed by atoms with Crippen molar-refractivity contribution in [2.24, 2.45) is 5.73 Å². The second kappa shape index (κ2) is 11.2. The molecule has 4 rings (SSSR count). The summed E-state index contributed by atoms with van der Waals surface area (Å²) in [4.78, 5) is 27.4. The van der Waals surface area contributed by atoms with Crippen LogP contribution in [0.3, 0.4) is 0 Å². The zero-order chi connectivity index (χ0) is 29.0. The van der Waals surface area contributed by atoms with Crippen molar-refractivity contribution < 1.29 is 37.0 Å².